The molecule has 0 amide bonds. The van der Waals surface area contributed by atoms with Crippen molar-refractivity contribution >= 4 is 112 Å². The average Bonchev–Trinajstić information content (AvgIpc) is 3.92. The van der Waals surface area contributed by atoms with Crippen LogP contribution in [-0.2, 0) is 27.1 Å². The van der Waals surface area contributed by atoms with Crippen molar-refractivity contribution in [3.63, 3.8) is 0 Å². The Morgan fingerprint density at radius 3 is 1.51 bits per heavy atom. The first kappa shape index (κ1) is 49.0. The molecule has 4 nitrogen and oxygen atoms in total. The van der Waals surface area contributed by atoms with Gasteiger partial charge in [0.05, 0.1) is 5.69 Å². The number of hydrogen-bond acceptors (Lipinski definition) is 5. The van der Waals surface area contributed by atoms with Gasteiger partial charge in [0.15, 0.2) is 0 Å². The van der Waals surface area contributed by atoms with Crippen LogP contribution >= 0.6 is 22.9 Å². The van der Waals surface area contributed by atoms with E-state index in [1.54, 1.807) is 0 Å². The molecule has 0 bridgehead atoms. The highest BCUT2D eigenvalue weighted by atomic mass is 35.5. The highest BCUT2D eigenvalue weighted by Gasteiger charge is 2.48. The van der Waals surface area contributed by atoms with Gasteiger partial charge in [-0.3, -0.25) is 4.90 Å². The summed E-state index contributed by atoms with van der Waals surface area (Å²) in [5.74, 6) is 0.849. The number of fused-ring (bicyclic) bond motifs is 8. The fraction of sp³-hybridized carbons (Fsp3) is 0.303. The standard InChI is InChI=1S/C66H69BClN3OS/c1-62(2,3)41-18-27-47(28-19-41)69-48-29-20-43(21-30-48)65(10,11)36-37-66(12,13)44-24-33-50(34-25-44)71-54-40-46(68)39-53-58(54)67(57-51-16-14-15-17-55(51)72-61(57)71)60-59(52-38-45(64(7,8)9)26-35-56(52)73-60)70(53)49-31-22-42(23-32-49)63(4,5)6/h14-35,38-40,69H,36-37H2,1-13H3. The molecule has 0 saturated carbocycles. The van der Waals surface area contributed by atoms with Gasteiger partial charge in [-0.05, 0) is 152 Å². The van der Waals surface area contributed by atoms with E-state index < -0.39 is 0 Å². The normalized spacial score (nSPS) is 13.9. The van der Waals surface area contributed by atoms with Gasteiger partial charge in [0, 0.05) is 64.9 Å². The molecule has 73 heavy (non-hydrogen) atoms. The van der Waals surface area contributed by atoms with Gasteiger partial charge in [-0.2, -0.15) is 0 Å². The summed E-state index contributed by atoms with van der Waals surface area (Å²) >= 11 is 9.32. The van der Waals surface area contributed by atoms with Gasteiger partial charge in [-0.1, -0.05) is 174 Å². The molecule has 370 valence electrons. The fourth-order valence-corrected chi connectivity index (χ4v) is 12.7. The first-order valence-electron chi connectivity index (χ1n) is 26.2. The first-order chi connectivity index (χ1) is 34.5. The Labute approximate surface area is 443 Å². The second kappa shape index (κ2) is 17.5. The van der Waals surface area contributed by atoms with E-state index in [0.717, 1.165) is 63.8 Å². The van der Waals surface area contributed by atoms with Crippen molar-refractivity contribution in [3.8, 4) is 0 Å². The molecule has 4 heterocycles. The van der Waals surface area contributed by atoms with Gasteiger partial charge in [-0.15, -0.1) is 11.3 Å². The monoisotopic (exact) mass is 997 g/mol. The van der Waals surface area contributed by atoms with E-state index in [1.807, 2.05) is 11.3 Å². The number of para-hydroxylation sites is 1. The Morgan fingerprint density at radius 2 is 0.959 bits per heavy atom. The average molecular weight is 999 g/mol. The zero-order valence-electron chi connectivity index (χ0n) is 45.0. The van der Waals surface area contributed by atoms with Crippen molar-refractivity contribution in [1.29, 1.82) is 0 Å². The zero-order valence-corrected chi connectivity index (χ0v) is 46.6. The van der Waals surface area contributed by atoms with E-state index in [2.05, 4.69) is 257 Å². The van der Waals surface area contributed by atoms with Crippen LogP contribution in [0.2, 0.25) is 5.02 Å². The molecular weight excluding hydrogens is 929 g/mol. The summed E-state index contributed by atoms with van der Waals surface area (Å²) in [6, 6.07) is 56.3. The molecular formula is C66H69BClN3OS. The predicted molar refractivity (Wildman–Crippen MR) is 318 cm³/mol. The number of anilines is 8. The molecule has 2 aromatic heterocycles. The largest absolute Gasteiger partial charge is 0.440 e. The third-order valence-corrected chi connectivity index (χ3v) is 17.4. The van der Waals surface area contributed by atoms with Gasteiger partial charge in [0.25, 0.3) is 6.71 Å². The van der Waals surface area contributed by atoms with Crippen LogP contribution < -0.4 is 30.8 Å². The van der Waals surface area contributed by atoms with E-state index in [1.165, 1.54) is 59.3 Å². The van der Waals surface area contributed by atoms with E-state index in [9.17, 15) is 0 Å². The van der Waals surface area contributed by atoms with Crippen LogP contribution in [0.4, 0.5) is 45.7 Å². The lowest BCUT2D eigenvalue weighted by Gasteiger charge is -2.41. The van der Waals surface area contributed by atoms with E-state index >= 15 is 0 Å². The number of nitrogens with zero attached hydrogens (tertiary/aromatic N) is 2. The van der Waals surface area contributed by atoms with Crippen molar-refractivity contribution in [2.75, 3.05) is 15.1 Å². The number of furan rings is 1. The summed E-state index contributed by atoms with van der Waals surface area (Å²) in [5.41, 5.74) is 17.7. The molecule has 7 heteroatoms. The highest BCUT2D eigenvalue weighted by Crippen LogP contribution is 2.51. The van der Waals surface area contributed by atoms with Gasteiger partial charge in [-0.25, -0.2) is 0 Å². The third-order valence-electron chi connectivity index (χ3n) is 16.0. The number of nitrogens with one attached hydrogen (secondary N) is 1. The zero-order chi connectivity index (χ0) is 51.6. The van der Waals surface area contributed by atoms with Crippen LogP contribution in [0.15, 0.2) is 156 Å². The molecule has 2 aliphatic rings. The molecule has 1 N–H and O–H groups in total. The number of thiophene rings is 1. The molecule has 0 atom stereocenters. The van der Waals surface area contributed by atoms with Crippen LogP contribution in [0.5, 0.6) is 0 Å². The summed E-state index contributed by atoms with van der Waals surface area (Å²) in [4.78, 5) is 4.84. The molecule has 0 fully saturated rings. The van der Waals surface area contributed by atoms with E-state index in [-0.39, 0.29) is 33.8 Å². The van der Waals surface area contributed by atoms with Crippen molar-refractivity contribution in [2.24, 2.45) is 0 Å². The maximum Gasteiger partial charge on any atom is 0.269 e. The van der Waals surface area contributed by atoms with E-state index in [4.69, 9.17) is 16.0 Å². The summed E-state index contributed by atoms with van der Waals surface area (Å²) < 4.78 is 9.69. The van der Waals surface area contributed by atoms with Gasteiger partial charge >= 0.3 is 0 Å². The van der Waals surface area contributed by atoms with Crippen LogP contribution in [-0.4, -0.2) is 6.71 Å². The number of hydrogen-bond donors (Lipinski definition) is 1. The van der Waals surface area contributed by atoms with E-state index in [0.29, 0.717) is 5.02 Å². The molecule has 7 aromatic carbocycles. The molecule has 0 spiro atoms. The van der Waals surface area contributed by atoms with Gasteiger partial charge in [0.1, 0.15) is 5.58 Å². The fourth-order valence-electron chi connectivity index (χ4n) is 11.2. The summed E-state index contributed by atoms with van der Waals surface area (Å²) in [5, 5.41) is 6.70. The van der Waals surface area contributed by atoms with Crippen molar-refractivity contribution < 1.29 is 4.42 Å². The van der Waals surface area contributed by atoms with Crippen LogP contribution in [0.1, 0.15) is 131 Å². The van der Waals surface area contributed by atoms with Crippen molar-refractivity contribution in [2.45, 2.75) is 130 Å². The predicted octanol–water partition coefficient (Wildman–Crippen LogP) is 18.1. The quantitative estimate of drug-likeness (QED) is 0.146. The maximum absolute atomic E-state index is 7.41. The van der Waals surface area contributed by atoms with Crippen LogP contribution in [0, 0.1) is 0 Å². The lowest BCUT2D eigenvalue weighted by Crippen LogP contribution is -2.60. The molecule has 0 aliphatic carbocycles. The Bertz CT molecular complexity index is 3550. The van der Waals surface area contributed by atoms with Gasteiger partial charge in [0.2, 0.25) is 5.88 Å². The smallest absolute Gasteiger partial charge is 0.269 e. The molecule has 2 aliphatic heterocycles. The lowest BCUT2D eigenvalue weighted by atomic mass is 9.36. The van der Waals surface area contributed by atoms with Crippen molar-refractivity contribution in [3.05, 3.63) is 184 Å². The number of benzene rings is 7. The first-order valence-corrected chi connectivity index (χ1v) is 27.4. The molecule has 9 aromatic rings. The molecule has 11 rings (SSSR count). The number of rotatable bonds is 9. The third kappa shape index (κ3) is 8.76. The Balaban J connectivity index is 0.955. The minimum atomic E-state index is -0.0763. The molecule has 0 saturated heterocycles. The maximum atomic E-state index is 7.41. The Morgan fingerprint density at radius 1 is 0.493 bits per heavy atom. The van der Waals surface area contributed by atoms with Gasteiger partial charge < -0.3 is 14.6 Å². The lowest BCUT2D eigenvalue weighted by molar-refractivity contribution is 0.375. The Kier molecular flexibility index (Phi) is 11.7. The minimum Gasteiger partial charge on any atom is -0.440 e. The summed E-state index contributed by atoms with van der Waals surface area (Å²) in [6.45, 7) is 30.0. The number of halogens is 1. The molecule has 0 unspecified atom stereocenters. The Hall–Kier alpha value is -6.21. The van der Waals surface area contributed by atoms with Crippen LogP contribution in [0.3, 0.4) is 0 Å². The second-order valence-corrected chi connectivity index (χ2v) is 26.7. The van der Waals surface area contributed by atoms with Crippen molar-refractivity contribution in [1.82, 2.24) is 0 Å². The molecule has 0 radical (unpaired) electrons. The topological polar surface area (TPSA) is 31.6 Å². The summed E-state index contributed by atoms with van der Waals surface area (Å²) in [7, 11) is 0. The SMILES string of the molecule is CC(C)(C)c1ccc(Nc2ccc(C(C)(C)CCC(C)(C)c3ccc(N4c5cc(Cl)cc6c5B(c5sc7ccc(C(C)(C)C)cc7c5N6c5ccc(C(C)(C)C)cc5)c5c4oc4ccccc54)cc3)cc2)cc1. The summed E-state index contributed by atoms with van der Waals surface area (Å²) in [6.07, 6.45) is 2.07. The van der Waals surface area contributed by atoms with Crippen LogP contribution in [0.25, 0.3) is 21.1 Å². The second-order valence-electron chi connectivity index (χ2n) is 25.2. The highest BCUT2D eigenvalue weighted by molar-refractivity contribution is 7.34. The minimum absolute atomic E-state index is 0.0104.